The standard InChI is InChI=1S/C19H25ClN2/c20-19-4-2-1-3-17(19)13-21-7-9-22(10-8-21)14-18-12-15-5-6-16(18)11-15/h1-6,15-16,18H,7-14H2/t15-,16-,18-/m1/s1. The number of benzene rings is 1. The van der Waals surface area contributed by atoms with Crippen molar-refractivity contribution < 1.29 is 0 Å². The van der Waals surface area contributed by atoms with E-state index in [1.807, 2.05) is 12.1 Å². The van der Waals surface area contributed by atoms with Crippen LogP contribution in [0.15, 0.2) is 36.4 Å². The molecule has 118 valence electrons. The summed E-state index contributed by atoms with van der Waals surface area (Å²) in [6, 6.07) is 8.24. The lowest BCUT2D eigenvalue weighted by molar-refractivity contribution is 0.108. The number of rotatable bonds is 4. The van der Waals surface area contributed by atoms with Crippen LogP contribution < -0.4 is 0 Å². The maximum Gasteiger partial charge on any atom is 0.0451 e. The van der Waals surface area contributed by atoms with E-state index in [-0.39, 0.29) is 0 Å². The second-order valence-corrected chi connectivity index (χ2v) is 7.62. The van der Waals surface area contributed by atoms with Crippen LogP contribution in [0.5, 0.6) is 0 Å². The average molecular weight is 317 g/mol. The Morgan fingerprint density at radius 1 is 0.955 bits per heavy atom. The van der Waals surface area contributed by atoms with Gasteiger partial charge in [0.25, 0.3) is 0 Å². The summed E-state index contributed by atoms with van der Waals surface area (Å²) in [6.45, 7) is 7.06. The molecule has 3 atom stereocenters. The molecule has 1 aromatic carbocycles. The van der Waals surface area contributed by atoms with Crippen molar-refractivity contribution in [2.24, 2.45) is 17.8 Å². The highest BCUT2D eigenvalue weighted by Gasteiger charge is 2.36. The fourth-order valence-electron chi connectivity index (χ4n) is 4.43. The molecule has 1 heterocycles. The molecule has 0 aromatic heterocycles. The minimum Gasteiger partial charge on any atom is -0.300 e. The molecule has 1 saturated heterocycles. The molecule has 2 fully saturated rings. The first-order valence-corrected chi connectivity index (χ1v) is 9.02. The number of piperazine rings is 1. The Morgan fingerprint density at radius 3 is 2.41 bits per heavy atom. The van der Waals surface area contributed by atoms with Gasteiger partial charge in [0, 0.05) is 44.3 Å². The van der Waals surface area contributed by atoms with Gasteiger partial charge in [-0.05, 0) is 42.2 Å². The van der Waals surface area contributed by atoms with Crippen molar-refractivity contribution in [1.29, 1.82) is 0 Å². The van der Waals surface area contributed by atoms with Crippen molar-refractivity contribution in [2.45, 2.75) is 19.4 Å². The molecule has 4 rings (SSSR count). The first-order valence-electron chi connectivity index (χ1n) is 8.64. The van der Waals surface area contributed by atoms with E-state index in [2.05, 4.69) is 34.1 Å². The number of hydrogen-bond acceptors (Lipinski definition) is 2. The second kappa shape index (κ2) is 6.35. The van der Waals surface area contributed by atoms with Crippen LogP contribution >= 0.6 is 11.6 Å². The molecule has 1 aliphatic heterocycles. The summed E-state index contributed by atoms with van der Waals surface area (Å²) in [5.41, 5.74) is 1.26. The first-order chi connectivity index (χ1) is 10.8. The summed E-state index contributed by atoms with van der Waals surface area (Å²) < 4.78 is 0. The van der Waals surface area contributed by atoms with Gasteiger partial charge in [-0.25, -0.2) is 0 Å². The third-order valence-corrected chi connectivity index (χ3v) is 6.09. The van der Waals surface area contributed by atoms with Gasteiger partial charge in [-0.3, -0.25) is 4.90 Å². The lowest BCUT2D eigenvalue weighted by Crippen LogP contribution is -2.47. The Hall–Kier alpha value is -0.830. The Balaban J connectivity index is 1.26. The lowest BCUT2D eigenvalue weighted by atomic mass is 9.93. The van der Waals surface area contributed by atoms with Crippen LogP contribution in [-0.4, -0.2) is 42.5 Å². The van der Waals surface area contributed by atoms with Gasteiger partial charge in [-0.15, -0.1) is 0 Å². The van der Waals surface area contributed by atoms with Crippen LogP contribution in [0.2, 0.25) is 5.02 Å². The van der Waals surface area contributed by atoms with Crippen LogP contribution in [0.1, 0.15) is 18.4 Å². The molecule has 22 heavy (non-hydrogen) atoms. The molecule has 0 radical (unpaired) electrons. The zero-order chi connectivity index (χ0) is 14.9. The van der Waals surface area contributed by atoms with E-state index in [0.29, 0.717) is 0 Å². The zero-order valence-corrected chi connectivity index (χ0v) is 13.9. The Bertz CT molecular complexity index is 548. The normalized spacial score (nSPS) is 32.0. The van der Waals surface area contributed by atoms with E-state index < -0.39 is 0 Å². The van der Waals surface area contributed by atoms with Gasteiger partial charge < -0.3 is 4.90 Å². The average Bonchev–Trinajstić information content (AvgIpc) is 3.14. The lowest BCUT2D eigenvalue weighted by Gasteiger charge is -2.37. The van der Waals surface area contributed by atoms with Crippen molar-refractivity contribution in [2.75, 3.05) is 32.7 Å². The van der Waals surface area contributed by atoms with E-state index >= 15 is 0 Å². The van der Waals surface area contributed by atoms with E-state index in [4.69, 9.17) is 11.6 Å². The summed E-state index contributed by atoms with van der Waals surface area (Å²) in [5, 5.41) is 0.902. The maximum atomic E-state index is 6.28. The largest absolute Gasteiger partial charge is 0.300 e. The summed E-state index contributed by atoms with van der Waals surface area (Å²) in [7, 11) is 0. The molecule has 2 nitrogen and oxygen atoms in total. The number of nitrogens with zero attached hydrogens (tertiary/aromatic N) is 2. The number of fused-ring (bicyclic) bond motifs is 2. The predicted octanol–water partition coefficient (Wildman–Crippen LogP) is 3.67. The number of halogens is 1. The number of hydrogen-bond donors (Lipinski definition) is 0. The summed E-state index contributed by atoms with van der Waals surface area (Å²) in [6.07, 6.45) is 7.79. The molecule has 3 aliphatic rings. The Labute approximate surface area is 138 Å². The highest BCUT2D eigenvalue weighted by Crippen LogP contribution is 2.43. The molecule has 0 spiro atoms. The van der Waals surface area contributed by atoms with Gasteiger partial charge >= 0.3 is 0 Å². The fraction of sp³-hybridized carbons (Fsp3) is 0.579. The fourth-order valence-corrected chi connectivity index (χ4v) is 4.63. The number of allylic oxidation sites excluding steroid dienone is 2. The minimum atomic E-state index is 0.881. The maximum absolute atomic E-state index is 6.28. The van der Waals surface area contributed by atoms with Crippen molar-refractivity contribution >= 4 is 11.6 Å². The Morgan fingerprint density at radius 2 is 1.73 bits per heavy atom. The van der Waals surface area contributed by atoms with Crippen molar-refractivity contribution in [3.05, 3.63) is 47.0 Å². The summed E-state index contributed by atoms with van der Waals surface area (Å²) in [4.78, 5) is 5.22. The molecular weight excluding hydrogens is 292 g/mol. The quantitative estimate of drug-likeness (QED) is 0.782. The van der Waals surface area contributed by atoms with Crippen LogP contribution in [0.3, 0.4) is 0 Å². The van der Waals surface area contributed by atoms with E-state index in [1.165, 1.54) is 51.1 Å². The van der Waals surface area contributed by atoms with Gasteiger partial charge in [0.15, 0.2) is 0 Å². The zero-order valence-electron chi connectivity index (χ0n) is 13.1. The molecule has 0 N–H and O–H groups in total. The van der Waals surface area contributed by atoms with Gasteiger partial charge in [-0.1, -0.05) is 42.0 Å². The molecule has 1 aromatic rings. The topological polar surface area (TPSA) is 6.48 Å². The molecule has 0 unspecified atom stereocenters. The van der Waals surface area contributed by atoms with Crippen LogP contribution in [0.25, 0.3) is 0 Å². The van der Waals surface area contributed by atoms with Crippen molar-refractivity contribution in [3.63, 3.8) is 0 Å². The van der Waals surface area contributed by atoms with E-state index in [1.54, 1.807) is 0 Å². The van der Waals surface area contributed by atoms with Crippen LogP contribution in [0.4, 0.5) is 0 Å². The SMILES string of the molecule is Clc1ccccc1CN1CCN(C[C@H]2C[C@@H]3C=C[C@@H]2C3)CC1. The predicted molar refractivity (Wildman–Crippen MR) is 92.0 cm³/mol. The van der Waals surface area contributed by atoms with E-state index in [0.717, 1.165) is 29.3 Å². The summed E-state index contributed by atoms with van der Waals surface area (Å²) >= 11 is 6.28. The van der Waals surface area contributed by atoms with Crippen molar-refractivity contribution in [3.8, 4) is 0 Å². The highest BCUT2D eigenvalue weighted by molar-refractivity contribution is 6.31. The second-order valence-electron chi connectivity index (χ2n) is 7.21. The van der Waals surface area contributed by atoms with E-state index in [9.17, 15) is 0 Å². The van der Waals surface area contributed by atoms with Gasteiger partial charge in [0.2, 0.25) is 0 Å². The minimum absolute atomic E-state index is 0.881. The summed E-state index contributed by atoms with van der Waals surface area (Å²) in [5.74, 6) is 2.70. The van der Waals surface area contributed by atoms with Gasteiger partial charge in [0.1, 0.15) is 0 Å². The molecule has 2 aliphatic carbocycles. The molecule has 1 saturated carbocycles. The van der Waals surface area contributed by atoms with Crippen LogP contribution in [-0.2, 0) is 6.54 Å². The Kier molecular flexibility index (Phi) is 4.25. The highest BCUT2D eigenvalue weighted by atomic mass is 35.5. The third-order valence-electron chi connectivity index (χ3n) is 5.73. The molecular formula is C19H25ClN2. The third kappa shape index (κ3) is 3.10. The van der Waals surface area contributed by atoms with Gasteiger partial charge in [-0.2, -0.15) is 0 Å². The molecule has 0 amide bonds. The molecule has 2 bridgehead atoms. The molecule has 3 heteroatoms. The first kappa shape index (κ1) is 14.7. The monoisotopic (exact) mass is 316 g/mol. The smallest absolute Gasteiger partial charge is 0.0451 e. The van der Waals surface area contributed by atoms with Crippen molar-refractivity contribution in [1.82, 2.24) is 9.80 Å². The van der Waals surface area contributed by atoms with Gasteiger partial charge in [0.05, 0.1) is 0 Å². The van der Waals surface area contributed by atoms with Crippen LogP contribution in [0, 0.1) is 17.8 Å².